The molecule has 28 heavy (non-hydrogen) atoms. The van der Waals surface area contributed by atoms with Crippen molar-refractivity contribution in [2.75, 3.05) is 5.32 Å². The monoisotopic (exact) mass is 378 g/mol. The predicted molar refractivity (Wildman–Crippen MR) is 97.9 cm³/mol. The summed E-state index contributed by atoms with van der Waals surface area (Å²) in [7, 11) is 0. The highest BCUT2D eigenvalue weighted by molar-refractivity contribution is 6.01. The number of nitrogens with one attached hydrogen (secondary N) is 1. The molecule has 1 N–H and O–H groups in total. The predicted octanol–water partition coefficient (Wildman–Crippen LogP) is 3.08. The summed E-state index contributed by atoms with van der Waals surface area (Å²) in [5.74, 6) is -0.829. The number of hydrogen-bond acceptors (Lipinski definition) is 6. The quantitative estimate of drug-likeness (QED) is 0.573. The Morgan fingerprint density at radius 3 is 2.75 bits per heavy atom. The minimum atomic E-state index is -0.508. The summed E-state index contributed by atoms with van der Waals surface area (Å²) in [4.78, 5) is 16.4. The number of amides is 1. The van der Waals surface area contributed by atoms with Crippen molar-refractivity contribution in [3.05, 3.63) is 77.6 Å². The van der Waals surface area contributed by atoms with E-state index in [2.05, 4.69) is 25.8 Å². The first-order valence-electron chi connectivity index (χ1n) is 8.44. The van der Waals surface area contributed by atoms with E-state index in [1.807, 2.05) is 25.1 Å². The van der Waals surface area contributed by atoms with Crippen LogP contribution in [0.1, 0.15) is 21.8 Å². The average Bonchev–Trinajstić information content (AvgIpc) is 3.35. The maximum atomic E-state index is 13.0. The van der Waals surface area contributed by atoms with E-state index in [0.717, 1.165) is 11.1 Å². The van der Waals surface area contributed by atoms with Gasteiger partial charge in [-0.15, -0.1) is 5.10 Å². The van der Waals surface area contributed by atoms with Gasteiger partial charge in [0, 0.05) is 5.69 Å². The molecule has 1 amide bonds. The fraction of sp³-hybridized carbons (Fsp3) is 0.105. The highest BCUT2D eigenvalue weighted by atomic mass is 19.1. The van der Waals surface area contributed by atoms with E-state index in [0.29, 0.717) is 17.9 Å². The van der Waals surface area contributed by atoms with Gasteiger partial charge in [-0.05, 0) is 36.2 Å². The number of nitrogens with zero attached hydrogens (tertiary/aromatic N) is 5. The van der Waals surface area contributed by atoms with Gasteiger partial charge in [0.2, 0.25) is 5.82 Å². The summed E-state index contributed by atoms with van der Waals surface area (Å²) in [6.45, 7) is 2.29. The van der Waals surface area contributed by atoms with E-state index in [9.17, 15) is 9.18 Å². The summed E-state index contributed by atoms with van der Waals surface area (Å²) in [6, 6.07) is 13.5. The SMILES string of the molecule is Cc1ccccc1NC(=O)c1nc(-c2cn(Cc3ccc(F)cc3)nn2)no1. The van der Waals surface area contributed by atoms with Gasteiger partial charge >= 0.3 is 11.8 Å². The van der Waals surface area contributed by atoms with Gasteiger partial charge in [0.25, 0.3) is 0 Å². The Kier molecular flexibility index (Phi) is 4.63. The van der Waals surface area contributed by atoms with Crippen LogP contribution in [-0.2, 0) is 6.54 Å². The Bertz CT molecular complexity index is 1120. The van der Waals surface area contributed by atoms with Crippen molar-refractivity contribution < 1.29 is 13.7 Å². The summed E-state index contributed by atoms with van der Waals surface area (Å²) in [5.41, 5.74) is 2.81. The van der Waals surface area contributed by atoms with E-state index in [1.54, 1.807) is 29.1 Å². The second kappa shape index (κ2) is 7.39. The molecule has 0 aliphatic heterocycles. The van der Waals surface area contributed by atoms with E-state index in [1.165, 1.54) is 12.1 Å². The molecule has 0 aliphatic rings. The van der Waals surface area contributed by atoms with Gasteiger partial charge in [0.15, 0.2) is 5.69 Å². The molecule has 0 radical (unpaired) electrons. The normalized spacial score (nSPS) is 10.8. The zero-order valence-corrected chi connectivity index (χ0v) is 14.8. The maximum Gasteiger partial charge on any atom is 0.316 e. The molecular weight excluding hydrogens is 363 g/mol. The van der Waals surface area contributed by atoms with Gasteiger partial charge in [0.1, 0.15) is 5.82 Å². The number of rotatable bonds is 5. The van der Waals surface area contributed by atoms with Gasteiger partial charge < -0.3 is 9.84 Å². The minimum absolute atomic E-state index is 0.153. The molecule has 0 aliphatic carbocycles. The molecule has 0 unspecified atom stereocenters. The summed E-state index contributed by atoms with van der Waals surface area (Å²) in [5, 5.41) is 14.5. The van der Waals surface area contributed by atoms with Crippen molar-refractivity contribution in [2.24, 2.45) is 0 Å². The van der Waals surface area contributed by atoms with E-state index in [-0.39, 0.29) is 17.5 Å². The molecule has 140 valence electrons. The first-order valence-corrected chi connectivity index (χ1v) is 8.44. The molecule has 9 heteroatoms. The molecule has 2 heterocycles. The van der Waals surface area contributed by atoms with Crippen LogP contribution in [0.2, 0.25) is 0 Å². The number of halogens is 1. The lowest BCUT2D eigenvalue weighted by Gasteiger charge is -2.04. The molecular formula is C19H15FN6O2. The van der Waals surface area contributed by atoms with Crippen molar-refractivity contribution in [1.29, 1.82) is 0 Å². The molecule has 2 aromatic heterocycles. The van der Waals surface area contributed by atoms with Crippen LogP contribution < -0.4 is 5.32 Å². The number of aromatic nitrogens is 5. The van der Waals surface area contributed by atoms with Crippen LogP contribution in [0.15, 0.2) is 59.3 Å². The van der Waals surface area contributed by atoms with Crippen molar-refractivity contribution in [3.63, 3.8) is 0 Å². The fourth-order valence-corrected chi connectivity index (χ4v) is 2.56. The first kappa shape index (κ1) is 17.5. The molecule has 0 bridgehead atoms. The Balaban J connectivity index is 1.47. The highest BCUT2D eigenvalue weighted by Crippen LogP contribution is 2.16. The molecule has 8 nitrogen and oxygen atoms in total. The van der Waals surface area contributed by atoms with Crippen LogP contribution in [0.5, 0.6) is 0 Å². The van der Waals surface area contributed by atoms with E-state index < -0.39 is 5.91 Å². The van der Waals surface area contributed by atoms with Crippen molar-refractivity contribution in [3.8, 4) is 11.5 Å². The van der Waals surface area contributed by atoms with Crippen LogP contribution in [0.25, 0.3) is 11.5 Å². The Labute approximate surface area is 159 Å². The molecule has 4 rings (SSSR count). The number of para-hydroxylation sites is 1. The molecule has 0 fully saturated rings. The number of carbonyl (C=O) groups excluding carboxylic acids is 1. The smallest absolute Gasteiger partial charge is 0.316 e. The van der Waals surface area contributed by atoms with Gasteiger partial charge in [-0.25, -0.2) is 9.07 Å². The molecule has 0 spiro atoms. The van der Waals surface area contributed by atoms with Crippen molar-refractivity contribution in [2.45, 2.75) is 13.5 Å². The van der Waals surface area contributed by atoms with Crippen LogP contribution in [0.4, 0.5) is 10.1 Å². The summed E-state index contributed by atoms with van der Waals surface area (Å²) >= 11 is 0. The second-order valence-electron chi connectivity index (χ2n) is 6.12. The number of anilines is 1. The first-order chi connectivity index (χ1) is 13.6. The van der Waals surface area contributed by atoms with Crippen LogP contribution in [0.3, 0.4) is 0 Å². The molecule has 4 aromatic rings. The Morgan fingerprint density at radius 1 is 1.18 bits per heavy atom. The van der Waals surface area contributed by atoms with Gasteiger partial charge in [-0.1, -0.05) is 40.7 Å². The van der Waals surface area contributed by atoms with Crippen molar-refractivity contribution >= 4 is 11.6 Å². The summed E-state index contributed by atoms with van der Waals surface area (Å²) in [6.07, 6.45) is 1.62. The minimum Gasteiger partial charge on any atom is -0.328 e. The Hall–Kier alpha value is -3.88. The summed E-state index contributed by atoms with van der Waals surface area (Å²) < 4.78 is 19.6. The van der Waals surface area contributed by atoms with E-state index in [4.69, 9.17) is 4.52 Å². The second-order valence-corrected chi connectivity index (χ2v) is 6.12. The van der Waals surface area contributed by atoms with Gasteiger partial charge in [0.05, 0.1) is 12.7 Å². The number of aryl methyl sites for hydroxylation is 1. The third-order valence-electron chi connectivity index (χ3n) is 4.04. The number of hydrogen-bond donors (Lipinski definition) is 1. The zero-order valence-electron chi connectivity index (χ0n) is 14.8. The highest BCUT2D eigenvalue weighted by Gasteiger charge is 2.18. The molecule has 2 aromatic carbocycles. The largest absolute Gasteiger partial charge is 0.328 e. The third-order valence-corrected chi connectivity index (χ3v) is 4.04. The van der Waals surface area contributed by atoms with Gasteiger partial charge in [-0.2, -0.15) is 4.98 Å². The third kappa shape index (κ3) is 3.78. The van der Waals surface area contributed by atoms with Crippen LogP contribution >= 0.6 is 0 Å². The molecule has 0 saturated carbocycles. The molecule has 0 atom stereocenters. The maximum absolute atomic E-state index is 13.0. The lowest BCUT2D eigenvalue weighted by molar-refractivity contribution is 0.0981. The van der Waals surface area contributed by atoms with Crippen LogP contribution in [-0.4, -0.2) is 31.0 Å². The van der Waals surface area contributed by atoms with Gasteiger partial charge in [-0.3, -0.25) is 4.79 Å². The van der Waals surface area contributed by atoms with E-state index >= 15 is 0 Å². The number of benzene rings is 2. The Morgan fingerprint density at radius 2 is 1.96 bits per heavy atom. The fourth-order valence-electron chi connectivity index (χ4n) is 2.56. The zero-order chi connectivity index (χ0) is 19.5. The lowest BCUT2D eigenvalue weighted by Crippen LogP contribution is -2.13. The van der Waals surface area contributed by atoms with Crippen LogP contribution in [0, 0.1) is 12.7 Å². The molecule has 0 saturated heterocycles. The standard InChI is InChI=1S/C19H15FN6O2/c1-12-4-2-3-5-15(12)21-18(27)19-22-17(24-28-19)16-11-26(25-23-16)10-13-6-8-14(20)9-7-13/h2-9,11H,10H2,1H3,(H,21,27). The average molecular weight is 378 g/mol. The number of carbonyl (C=O) groups is 1. The topological polar surface area (TPSA) is 98.7 Å². The lowest BCUT2D eigenvalue weighted by atomic mass is 10.2. The van der Waals surface area contributed by atoms with Crippen molar-refractivity contribution in [1.82, 2.24) is 25.1 Å².